The van der Waals surface area contributed by atoms with Crippen LogP contribution in [0, 0.1) is 0 Å². The van der Waals surface area contributed by atoms with Crippen LogP contribution < -0.4 is 20.3 Å². The van der Waals surface area contributed by atoms with Crippen molar-refractivity contribution in [3.05, 3.63) is 36.4 Å². The molecule has 0 radical (unpaired) electrons. The SMILES string of the molecule is C[C@H]1CCCCN1c1cc(Oc2ccccc2)nc(NC(=S)NC(C)(C)C)n1. The maximum Gasteiger partial charge on any atom is 0.234 e. The van der Waals surface area contributed by atoms with E-state index in [9.17, 15) is 0 Å². The average Bonchev–Trinajstić information content (AvgIpc) is 2.61. The van der Waals surface area contributed by atoms with Crippen molar-refractivity contribution in [1.29, 1.82) is 0 Å². The number of aromatic nitrogens is 2. The summed E-state index contributed by atoms with van der Waals surface area (Å²) in [7, 11) is 0. The van der Waals surface area contributed by atoms with E-state index in [4.69, 9.17) is 21.9 Å². The number of hydrogen-bond donors (Lipinski definition) is 2. The summed E-state index contributed by atoms with van der Waals surface area (Å²) in [5, 5.41) is 6.83. The van der Waals surface area contributed by atoms with Gasteiger partial charge in [-0.2, -0.15) is 9.97 Å². The van der Waals surface area contributed by atoms with Gasteiger partial charge in [-0.3, -0.25) is 0 Å². The van der Waals surface area contributed by atoms with E-state index >= 15 is 0 Å². The van der Waals surface area contributed by atoms with Crippen molar-refractivity contribution < 1.29 is 4.74 Å². The Balaban J connectivity index is 1.88. The van der Waals surface area contributed by atoms with Crippen LogP contribution in [0.5, 0.6) is 11.6 Å². The molecule has 1 aliphatic heterocycles. The fourth-order valence-corrected chi connectivity index (χ4v) is 3.59. The molecule has 3 rings (SSSR count). The zero-order valence-corrected chi connectivity index (χ0v) is 17.8. The van der Waals surface area contributed by atoms with Gasteiger partial charge in [0.25, 0.3) is 0 Å². The summed E-state index contributed by atoms with van der Waals surface area (Å²) in [6.45, 7) is 9.37. The first-order valence-electron chi connectivity index (χ1n) is 9.78. The minimum absolute atomic E-state index is 0.146. The van der Waals surface area contributed by atoms with Crippen LogP contribution >= 0.6 is 12.2 Å². The lowest BCUT2D eigenvalue weighted by atomic mass is 10.0. The predicted molar refractivity (Wildman–Crippen MR) is 118 cm³/mol. The highest BCUT2D eigenvalue weighted by Gasteiger charge is 2.22. The molecular formula is C21H29N5OS. The van der Waals surface area contributed by atoms with E-state index in [1.165, 1.54) is 6.42 Å². The number of nitrogens with one attached hydrogen (secondary N) is 2. The Morgan fingerprint density at radius 1 is 1.18 bits per heavy atom. The fraction of sp³-hybridized carbons (Fsp3) is 0.476. The van der Waals surface area contributed by atoms with Crippen molar-refractivity contribution >= 4 is 29.1 Å². The van der Waals surface area contributed by atoms with Crippen LogP contribution in [-0.2, 0) is 0 Å². The summed E-state index contributed by atoms with van der Waals surface area (Å²) in [5.41, 5.74) is -0.146. The third kappa shape index (κ3) is 5.79. The number of nitrogens with zero attached hydrogens (tertiary/aromatic N) is 3. The van der Waals surface area contributed by atoms with Gasteiger partial charge >= 0.3 is 0 Å². The third-order valence-electron chi connectivity index (χ3n) is 4.47. The maximum absolute atomic E-state index is 5.99. The highest BCUT2D eigenvalue weighted by molar-refractivity contribution is 7.80. The van der Waals surface area contributed by atoms with Crippen LogP contribution in [0.2, 0.25) is 0 Å². The van der Waals surface area contributed by atoms with E-state index in [2.05, 4.69) is 48.2 Å². The van der Waals surface area contributed by atoms with E-state index in [1.807, 2.05) is 36.4 Å². The molecule has 1 saturated heterocycles. The molecule has 1 fully saturated rings. The summed E-state index contributed by atoms with van der Waals surface area (Å²) < 4.78 is 5.99. The van der Waals surface area contributed by atoms with Crippen molar-refractivity contribution in [3.8, 4) is 11.6 Å². The average molecular weight is 400 g/mol. The molecule has 1 atom stereocenters. The minimum atomic E-state index is -0.146. The monoisotopic (exact) mass is 399 g/mol. The zero-order valence-electron chi connectivity index (χ0n) is 17.0. The fourth-order valence-electron chi connectivity index (χ4n) is 3.19. The third-order valence-corrected chi connectivity index (χ3v) is 4.67. The van der Waals surface area contributed by atoms with Gasteiger partial charge in [0, 0.05) is 24.2 Å². The Kier molecular flexibility index (Phi) is 6.34. The van der Waals surface area contributed by atoms with Gasteiger partial charge in [0.2, 0.25) is 11.8 Å². The lowest BCUT2D eigenvalue weighted by molar-refractivity contribution is 0.457. The van der Waals surface area contributed by atoms with Gasteiger partial charge in [-0.25, -0.2) is 0 Å². The molecule has 150 valence electrons. The number of hydrogen-bond acceptors (Lipinski definition) is 5. The molecule has 0 saturated carbocycles. The molecule has 1 aromatic heterocycles. The molecule has 0 aliphatic carbocycles. The summed E-state index contributed by atoms with van der Waals surface area (Å²) in [5.74, 6) is 2.52. The predicted octanol–water partition coefficient (Wildman–Crippen LogP) is 4.73. The first-order chi connectivity index (χ1) is 13.3. The van der Waals surface area contributed by atoms with Gasteiger partial charge in [0.15, 0.2) is 5.11 Å². The Morgan fingerprint density at radius 3 is 2.61 bits per heavy atom. The summed E-state index contributed by atoms with van der Waals surface area (Å²) in [6.07, 6.45) is 3.57. The normalized spacial score (nSPS) is 17.1. The largest absolute Gasteiger partial charge is 0.439 e. The summed E-state index contributed by atoms with van der Waals surface area (Å²) >= 11 is 5.42. The van der Waals surface area contributed by atoms with E-state index in [-0.39, 0.29) is 5.54 Å². The second kappa shape index (κ2) is 8.73. The zero-order chi connectivity index (χ0) is 20.1. The topological polar surface area (TPSA) is 62.3 Å². The number of ether oxygens (including phenoxy) is 1. The van der Waals surface area contributed by atoms with E-state index in [0.29, 0.717) is 23.0 Å². The van der Waals surface area contributed by atoms with Crippen LogP contribution in [-0.4, -0.2) is 33.2 Å². The molecule has 2 heterocycles. The first kappa shape index (κ1) is 20.3. The second-order valence-electron chi connectivity index (χ2n) is 8.17. The molecule has 1 aliphatic rings. The van der Waals surface area contributed by atoms with Gasteiger partial charge in [-0.05, 0) is 71.3 Å². The first-order valence-corrected chi connectivity index (χ1v) is 10.2. The van der Waals surface area contributed by atoms with Crippen molar-refractivity contribution in [1.82, 2.24) is 15.3 Å². The van der Waals surface area contributed by atoms with Gasteiger partial charge in [-0.1, -0.05) is 18.2 Å². The number of benzene rings is 1. The Bertz CT molecular complexity index is 806. The van der Waals surface area contributed by atoms with Crippen LogP contribution in [0.3, 0.4) is 0 Å². The molecule has 0 spiro atoms. The van der Waals surface area contributed by atoms with Gasteiger partial charge in [0.05, 0.1) is 0 Å². The molecule has 0 bridgehead atoms. The molecule has 28 heavy (non-hydrogen) atoms. The van der Waals surface area contributed by atoms with Crippen molar-refractivity contribution in [2.75, 3.05) is 16.8 Å². The smallest absolute Gasteiger partial charge is 0.234 e. The van der Waals surface area contributed by atoms with Crippen molar-refractivity contribution in [3.63, 3.8) is 0 Å². The number of para-hydroxylation sites is 1. The lowest BCUT2D eigenvalue weighted by Crippen LogP contribution is -2.43. The Morgan fingerprint density at radius 2 is 1.93 bits per heavy atom. The van der Waals surface area contributed by atoms with Gasteiger partial charge in [0.1, 0.15) is 11.6 Å². The van der Waals surface area contributed by atoms with Crippen LogP contribution in [0.25, 0.3) is 0 Å². The van der Waals surface area contributed by atoms with E-state index in [1.54, 1.807) is 0 Å². The molecule has 0 amide bonds. The molecule has 1 aromatic carbocycles. The highest BCUT2D eigenvalue weighted by Crippen LogP contribution is 2.28. The van der Waals surface area contributed by atoms with E-state index in [0.717, 1.165) is 31.0 Å². The van der Waals surface area contributed by atoms with Crippen molar-refractivity contribution in [2.24, 2.45) is 0 Å². The maximum atomic E-state index is 5.99. The molecule has 0 unspecified atom stereocenters. The molecule has 2 aromatic rings. The van der Waals surface area contributed by atoms with Crippen LogP contribution in [0.15, 0.2) is 36.4 Å². The van der Waals surface area contributed by atoms with Crippen LogP contribution in [0.1, 0.15) is 47.0 Å². The highest BCUT2D eigenvalue weighted by atomic mass is 32.1. The minimum Gasteiger partial charge on any atom is -0.439 e. The number of piperidine rings is 1. The standard InChI is InChI=1S/C21H29N5OS/c1-15-10-8-9-13-26(15)17-14-18(27-16-11-6-5-7-12-16)23-19(22-17)24-20(28)25-21(2,3)4/h5-7,11-12,14-15H,8-10,13H2,1-4H3,(H2,22,23,24,25,28)/t15-/m0/s1. The number of thiocarbonyl (C=S) groups is 1. The van der Waals surface area contributed by atoms with Crippen LogP contribution in [0.4, 0.5) is 11.8 Å². The van der Waals surface area contributed by atoms with E-state index < -0.39 is 0 Å². The summed E-state index contributed by atoms with van der Waals surface area (Å²) in [4.78, 5) is 11.5. The molecule has 7 heteroatoms. The molecule has 6 nitrogen and oxygen atoms in total. The Labute approximate surface area is 172 Å². The van der Waals surface area contributed by atoms with Gasteiger partial charge < -0.3 is 20.3 Å². The molecular weight excluding hydrogens is 370 g/mol. The second-order valence-corrected chi connectivity index (χ2v) is 8.58. The number of anilines is 2. The molecule has 2 N–H and O–H groups in total. The number of rotatable bonds is 4. The lowest BCUT2D eigenvalue weighted by Gasteiger charge is -2.34. The summed E-state index contributed by atoms with van der Waals surface area (Å²) in [6, 6.07) is 12.0. The van der Waals surface area contributed by atoms with Crippen molar-refractivity contribution in [2.45, 2.75) is 58.5 Å². The van der Waals surface area contributed by atoms with Gasteiger partial charge in [-0.15, -0.1) is 0 Å². The quantitative estimate of drug-likeness (QED) is 0.721. The Hall–Kier alpha value is -2.41.